The third kappa shape index (κ3) is 5.53. The van der Waals surface area contributed by atoms with Crippen LogP contribution >= 0.6 is 0 Å². The summed E-state index contributed by atoms with van der Waals surface area (Å²) in [6.07, 6.45) is -1.09. The Labute approximate surface area is 188 Å². The minimum atomic E-state index is -4.02. The molecular formula is C23H28N2O6S. The fraction of sp³-hybridized carbons (Fsp3) is 0.391. The number of sulfonamides is 1. The highest BCUT2D eigenvalue weighted by Crippen LogP contribution is 2.28. The Balaban J connectivity index is 1.62. The summed E-state index contributed by atoms with van der Waals surface area (Å²) in [6.45, 7) is 5.17. The van der Waals surface area contributed by atoms with Crippen molar-refractivity contribution in [3.8, 4) is 0 Å². The molecule has 9 heteroatoms. The molecule has 2 N–H and O–H groups in total. The summed E-state index contributed by atoms with van der Waals surface area (Å²) in [5.41, 5.74) is 3.75. The summed E-state index contributed by atoms with van der Waals surface area (Å²) >= 11 is 0. The molecule has 1 fully saturated rings. The molecule has 8 nitrogen and oxygen atoms in total. The number of amides is 1. The van der Waals surface area contributed by atoms with Crippen LogP contribution in [-0.4, -0.2) is 55.0 Å². The van der Waals surface area contributed by atoms with Crippen LogP contribution in [0.25, 0.3) is 0 Å². The smallest absolute Gasteiger partial charge is 0.325 e. The lowest BCUT2D eigenvalue weighted by atomic mass is 10.1. The number of nitrogens with zero attached hydrogens (tertiary/aromatic N) is 1. The number of rotatable bonds is 7. The number of carbonyl (C=O) groups is 2. The van der Waals surface area contributed by atoms with Crippen LogP contribution in [0.15, 0.2) is 47.4 Å². The van der Waals surface area contributed by atoms with Gasteiger partial charge in [-0.2, -0.15) is 4.31 Å². The van der Waals surface area contributed by atoms with Gasteiger partial charge in [-0.3, -0.25) is 9.59 Å². The summed E-state index contributed by atoms with van der Waals surface area (Å²) in [5.74, 6) is -1.36. The monoisotopic (exact) mass is 460 g/mol. The number of carbonyl (C=O) groups excluding carboxylic acids is 2. The Morgan fingerprint density at radius 2 is 1.78 bits per heavy atom. The molecule has 0 aliphatic carbocycles. The van der Waals surface area contributed by atoms with Gasteiger partial charge in [-0.15, -0.1) is 0 Å². The van der Waals surface area contributed by atoms with Gasteiger partial charge in [0.2, 0.25) is 10.0 Å². The van der Waals surface area contributed by atoms with Crippen LogP contribution in [0.2, 0.25) is 0 Å². The van der Waals surface area contributed by atoms with Gasteiger partial charge in [0.1, 0.15) is 6.04 Å². The number of benzene rings is 2. The summed E-state index contributed by atoms with van der Waals surface area (Å²) in [7, 11) is -4.02. The van der Waals surface area contributed by atoms with E-state index in [0.717, 1.165) is 26.6 Å². The van der Waals surface area contributed by atoms with Gasteiger partial charge in [0.15, 0.2) is 6.61 Å². The minimum Gasteiger partial charge on any atom is -0.454 e. The predicted molar refractivity (Wildman–Crippen MR) is 118 cm³/mol. The van der Waals surface area contributed by atoms with E-state index in [4.69, 9.17) is 4.74 Å². The normalized spacial score (nSPS) is 19.0. The fourth-order valence-corrected chi connectivity index (χ4v) is 5.18. The fourth-order valence-electron chi connectivity index (χ4n) is 3.46. The number of hydrogen-bond acceptors (Lipinski definition) is 6. The third-order valence-corrected chi connectivity index (χ3v) is 7.42. The number of esters is 1. The van der Waals surface area contributed by atoms with Crippen molar-refractivity contribution >= 4 is 21.9 Å². The second-order valence-corrected chi connectivity index (χ2v) is 9.99. The number of β-amino-alcohol motifs (C(OH)–C–C–N with tert-alkyl or cyclic N) is 1. The van der Waals surface area contributed by atoms with E-state index < -0.39 is 40.7 Å². The van der Waals surface area contributed by atoms with Gasteiger partial charge in [-0.25, -0.2) is 8.42 Å². The van der Waals surface area contributed by atoms with E-state index in [2.05, 4.69) is 5.32 Å². The van der Waals surface area contributed by atoms with Crippen LogP contribution in [0.5, 0.6) is 0 Å². The zero-order chi connectivity index (χ0) is 23.5. The van der Waals surface area contributed by atoms with E-state index in [1.807, 2.05) is 38.1 Å². The number of aliphatic hydroxyl groups is 1. The Hall–Kier alpha value is -2.75. The van der Waals surface area contributed by atoms with E-state index in [1.165, 1.54) is 12.1 Å². The Morgan fingerprint density at radius 3 is 2.44 bits per heavy atom. The summed E-state index contributed by atoms with van der Waals surface area (Å²) in [4.78, 5) is 24.7. The van der Waals surface area contributed by atoms with E-state index >= 15 is 0 Å². The van der Waals surface area contributed by atoms with Crippen LogP contribution in [-0.2, 0) is 30.9 Å². The third-order valence-electron chi connectivity index (χ3n) is 5.55. The molecule has 1 saturated heterocycles. The topological polar surface area (TPSA) is 113 Å². The second-order valence-electron chi connectivity index (χ2n) is 8.10. The molecule has 1 aliphatic heterocycles. The Kier molecular flexibility index (Phi) is 7.33. The molecule has 0 saturated carbocycles. The first-order valence-corrected chi connectivity index (χ1v) is 11.8. The molecule has 0 bridgehead atoms. The second kappa shape index (κ2) is 9.81. The molecule has 2 aromatic carbocycles. The van der Waals surface area contributed by atoms with Crippen LogP contribution in [0.1, 0.15) is 28.7 Å². The molecule has 3 rings (SSSR count). The van der Waals surface area contributed by atoms with Crippen LogP contribution in [0, 0.1) is 20.8 Å². The molecule has 1 amide bonds. The van der Waals surface area contributed by atoms with Gasteiger partial charge in [0, 0.05) is 19.5 Å². The van der Waals surface area contributed by atoms with E-state index in [0.29, 0.717) is 0 Å². The highest BCUT2D eigenvalue weighted by molar-refractivity contribution is 7.89. The number of aliphatic hydroxyl groups excluding tert-OH is 1. The van der Waals surface area contributed by atoms with Crippen molar-refractivity contribution in [3.63, 3.8) is 0 Å². The van der Waals surface area contributed by atoms with Crippen molar-refractivity contribution < 1.29 is 27.9 Å². The van der Waals surface area contributed by atoms with Crippen molar-refractivity contribution in [1.29, 1.82) is 0 Å². The Bertz CT molecular complexity index is 1100. The van der Waals surface area contributed by atoms with Gasteiger partial charge in [-0.1, -0.05) is 35.9 Å². The molecule has 32 heavy (non-hydrogen) atoms. The first-order chi connectivity index (χ1) is 15.1. The largest absolute Gasteiger partial charge is 0.454 e. The summed E-state index contributed by atoms with van der Waals surface area (Å²) in [5, 5.41) is 12.7. The van der Waals surface area contributed by atoms with Crippen LogP contribution in [0.4, 0.5) is 0 Å². The number of aryl methyl sites for hydroxylation is 3. The van der Waals surface area contributed by atoms with Crippen LogP contribution < -0.4 is 5.32 Å². The molecule has 0 radical (unpaired) electrons. The molecule has 2 aromatic rings. The average Bonchev–Trinajstić information content (AvgIpc) is 3.16. The lowest BCUT2D eigenvalue weighted by molar-refractivity contribution is -0.151. The van der Waals surface area contributed by atoms with Gasteiger partial charge < -0.3 is 15.2 Å². The highest BCUT2D eigenvalue weighted by atomic mass is 32.2. The standard InChI is InChI=1S/C23H28N2O6S/c1-15-4-7-18(8-5-15)12-24-22(27)14-31-23(28)21-11-19(26)13-25(21)32(29,30)20-9-6-16(2)17(3)10-20/h4-10,19,21,26H,11-14H2,1-3H3,(H,24,27)/t19?,21-/m0/s1. The molecule has 1 heterocycles. The lowest BCUT2D eigenvalue weighted by Gasteiger charge is -2.22. The number of ether oxygens (including phenoxy) is 1. The zero-order valence-corrected chi connectivity index (χ0v) is 19.2. The molecule has 1 aliphatic rings. The van der Waals surface area contributed by atoms with E-state index in [-0.39, 0.29) is 24.4 Å². The van der Waals surface area contributed by atoms with Crippen molar-refractivity contribution in [2.45, 2.75) is 50.8 Å². The van der Waals surface area contributed by atoms with E-state index in [1.54, 1.807) is 13.0 Å². The van der Waals surface area contributed by atoms with Gasteiger partial charge in [0.25, 0.3) is 5.91 Å². The quantitative estimate of drug-likeness (QED) is 0.607. The van der Waals surface area contributed by atoms with Crippen molar-refractivity contribution in [1.82, 2.24) is 9.62 Å². The molecule has 172 valence electrons. The minimum absolute atomic E-state index is 0.0448. The SMILES string of the molecule is Cc1ccc(CNC(=O)COC(=O)[C@@H]2CC(O)CN2S(=O)(=O)c2ccc(C)c(C)c2)cc1. The van der Waals surface area contributed by atoms with Crippen molar-refractivity contribution in [2.75, 3.05) is 13.2 Å². The maximum Gasteiger partial charge on any atom is 0.325 e. The first-order valence-electron chi connectivity index (χ1n) is 10.3. The van der Waals surface area contributed by atoms with Gasteiger partial charge in [-0.05, 0) is 49.6 Å². The maximum absolute atomic E-state index is 13.1. The highest BCUT2D eigenvalue weighted by Gasteiger charge is 2.44. The summed E-state index contributed by atoms with van der Waals surface area (Å²) < 4.78 is 32.2. The molecule has 0 spiro atoms. The molecular weight excluding hydrogens is 432 g/mol. The number of nitrogens with one attached hydrogen (secondary N) is 1. The summed E-state index contributed by atoms with van der Waals surface area (Å²) in [6, 6.07) is 11.1. The maximum atomic E-state index is 13.1. The molecule has 0 aromatic heterocycles. The van der Waals surface area contributed by atoms with Crippen molar-refractivity contribution in [2.24, 2.45) is 0 Å². The molecule has 2 atom stereocenters. The van der Waals surface area contributed by atoms with Crippen molar-refractivity contribution in [3.05, 3.63) is 64.7 Å². The molecule has 1 unspecified atom stereocenters. The zero-order valence-electron chi connectivity index (χ0n) is 18.4. The first kappa shape index (κ1) is 23.9. The number of hydrogen-bond donors (Lipinski definition) is 2. The average molecular weight is 461 g/mol. The Morgan fingerprint density at radius 1 is 1.09 bits per heavy atom. The van der Waals surface area contributed by atoms with E-state index in [9.17, 15) is 23.1 Å². The lowest BCUT2D eigenvalue weighted by Crippen LogP contribution is -2.42. The predicted octanol–water partition coefficient (Wildman–Crippen LogP) is 1.60. The van der Waals surface area contributed by atoms with Crippen LogP contribution in [0.3, 0.4) is 0 Å². The van der Waals surface area contributed by atoms with Gasteiger partial charge >= 0.3 is 5.97 Å². The van der Waals surface area contributed by atoms with Gasteiger partial charge in [0.05, 0.1) is 11.0 Å².